The molecule has 8 heteroatoms. The minimum absolute atomic E-state index is 0.252. The third-order valence-electron chi connectivity index (χ3n) is 6.18. The minimum atomic E-state index is -1.04. The zero-order valence-corrected chi connectivity index (χ0v) is 18.7. The molecule has 1 aliphatic carbocycles. The number of methoxy groups -OCH3 is 1. The van der Waals surface area contributed by atoms with E-state index < -0.39 is 5.79 Å². The van der Waals surface area contributed by atoms with Crippen LogP contribution < -0.4 is 21.1 Å². The van der Waals surface area contributed by atoms with E-state index >= 15 is 0 Å². The molecule has 0 radical (unpaired) electrons. The fourth-order valence-electron chi connectivity index (χ4n) is 4.61. The van der Waals surface area contributed by atoms with Crippen LogP contribution in [0.25, 0.3) is 5.69 Å². The fourth-order valence-corrected chi connectivity index (χ4v) is 4.76. The summed E-state index contributed by atoms with van der Waals surface area (Å²) in [6, 6.07) is 16.4. The molecule has 2 atom stereocenters. The number of imidazole rings is 1. The van der Waals surface area contributed by atoms with Gasteiger partial charge in [-0.05, 0) is 30.5 Å². The topological polar surface area (TPSA) is 89.5 Å². The highest BCUT2D eigenvalue weighted by Gasteiger charge is 2.41. The average Bonchev–Trinajstić information content (AvgIpc) is 3.44. The zero-order valence-electron chi connectivity index (χ0n) is 18.0. The molecule has 2 aliphatic rings. The summed E-state index contributed by atoms with van der Waals surface area (Å²) < 4.78 is 7.49. The Hall–Kier alpha value is -3.29. The number of nitrogens with two attached hydrogens (primary N) is 1. The van der Waals surface area contributed by atoms with Gasteiger partial charge in [-0.3, -0.25) is 10.7 Å². The molecule has 0 fully saturated rings. The first-order valence-corrected chi connectivity index (χ1v) is 10.9. The lowest BCUT2D eigenvalue weighted by atomic mass is 9.94. The van der Waals surface area contributed by atoms with Gasteiger partial charge >= 0.3 is 0 Å². The predicted octanol–water partition coefficient (Wildman–Crippen LogP) is 3.66. The van der Waals surface area contributed by atoms with Crippen molar-refractivity contribution in [3.8, 4) is 11.4 Å². The first-order chi connectivity index (χ1) is 15.5. The largest absolute Gasteiger partial charge is 0.495 e. The van der Waals surface area contributed by atoms with Crippen LogP contribution in [0.2, 0.25) is 5.15 Å². The van der Waals surface area contributed by atoms with Gasteiger partial charge in [-0.25, -0.2) is 4.98 Å². The van der Waals surface area contributed by atoms with Crippen molar-refractivity contribution in [3.63, 3.8) is 0 Å². The summed E-state index contributed by atoms with van der Waals surface area (Å²) in [7, 11) is 3.43. The maximum atomic E-state index is 6.93. The molecule has 2 heterocycles. The number of aliphatic imine (C=N–C) groups is 1. The summed E-state index contributed by atoms with van der Waals surface area (Å²) in [5.41, 5.74) is 12.2. The Labute approximate surface area is 192 Å². The summed E-state index contributed by atoms with van der Waals surface area (Å²) in [4.78, 5) is 8.61. The van der Waals surface area contributed by atoms with E-state index in [1.54, 1.807) is 26.7 Å². The van der Waals surface area contributed by atoms with Gasteiger partial charge in [0.2, 0.25) is 0 Å². The second-order valence-corrected chi connectivity index (χ2v) is 8.40. The molecule has 4 N–H and O–H groups in total. The lowest BCUT2D eigenvalue weighted by molar-refractivity contribution is 0.329. The standard InChI is InChI=1S/C24H25ClN6O/c1-27-23-18-10-9-17(15-6-4-3-5-7-15)22(18)29-24(26,30-23)16-8-11-19(20(12-16)32-2)31-13-21(25)28-14-31/h3-8,11-14,17,29H,9-10,26H2,1-2H3,(H,27,30). The SMILES string of the molecule is CN=C1NC(N)(c2ccc(-n3cnc(Cl)c3)c(OC)c2)NC2=C1CCC2c1ccccc1. The molecule has 0 bridgehead atoms. The molecule has 0 saturated carbocycles. The number of ether oxygens (including phenoxy) is 1. The van der Waals surface area contributed by atoms with Crippen LogP contribution in [0.3, 0.4) is 0 Å². The second kappa shape index (κ2) is 8.00. The first kappa shape index (κ1) is 20.6. The molecule has 1 aliphatic heterocycles. The number of benzene rings is 2. The third-order valence-corrected chi connectivity index (χ3v) is 6.37. The van der Waals surface area contributed by atoms with Crippen molar-refractivity contribution in [1.29, 1.82) is 0 Å². The molecular weight excluding hydrogens is 424 g/mol. The zero-order chi connectivity index (χ0) is 22.3. The summed E-state index contributed by atoms with van der Waals surface area (Å²) in [6.07, 6.45) is 5.34. The van der Waals surface area contributed by atoms with E-state index in [4.69, 9.17) is 22.1 Å². The summed E-state index contributed by atoms with van der Waals surface area (Å²) in [6.45, 7) is 0. The van der Waals surface area contributed by atoms with Gasteiger partial charge in [-0.15, -0.1) is 0 Å². The summed E-state index contributed by atoms with van der Waals surface area (Å²) in [5, 5.41) is 7.44. The molecule has 1 aromatic heterocycles. The molecule has 2 aromatic carbocycles. The van der Waals surface area contributed by atoms with Crippen molar-refractivity contribution in [2.24, 2.45) is 10.7 Å². The van der Waals surface area contributed by atoms with Crippen LogP contribution in [-0.4, -0.2) is 29.5 Å². The molecule has 5 rings (SSSR count). The van der Waals surface area contributed by atoms with Crippen molar-refractivity contribution in [3.05, 3.63) is 88.6 Å². The lowest BCUT2D eigenvalue weighted by Gasteiger charge is -2.40. The van der Waals surface area contributed by atoms with Crippen molar-refractivity contribution in [2.45, 2.75) is 24.5 Å². The van der Waals surface area contributed by atoms with Crippen LogP contribution >= 0.6 is 11.6 Å². The Bertz CT molecular complexity index is 1220. The maximum absolute atomic E-state index is 6.93. The summed E-state index contributed by atoms with van der Waals surface area (Å²) >= 11 is 6.00. The van der Waals surface area contributed by atoms with Crippen molar-refractivity contribution >= 4 is 17.4 Å². The highest BCUT2D eigenvalue weighted by atomic mass is 35.5. The number of nitrogens with one attached hydrogen (secondary N) is 2. The van der Waals surface area contributed by atoms with E-state index in [1.165, 1.54) is 11.1 Å². The molecular formula is C24H25ClN6O. The molecule has 2 unspecified atom stereocenters. The lowest BCUT2D eigenvalue weighted by Crippen LogP contribution is -2.65. The maximum Gasteiger partial charge on any atom is 0.190 e. The molecule has 3 aromatic rings. The highest BCUT2D eigenvalue weighted by Crippen LogP contribution is 2.42. The van der Waals surface area contributed by atoms with E-state index in [9.17, 15) is 0 Å². The van der Waals surface area contributed by atoms with Gasteiger partial charge < -0.3 is 19.9 Å². The number of allylic oxidation sites excluding steroid dienone is 1. The Balaban J connectivity index is 1.54. The van der Waals surface area contributed by atoms with E-state index in [1.807, 2.05) is 28.8 Å². The molecule has 0 amide bonds. The van der Waals surface area contributed by atoms with Gasteiger partial charge in [-0.1, -0.05) is 48.0 Å². The van der Waals surface area contributed by atoms with Gasteiger partial charge in [0.25, 0.3) is 0 Å². The Morgan fingerprint density at radius 3 is 2.72 bits per heavy atom. The van der Waals surface area contributed by atoms with Gasteiger partial charge in [0, 0.05) is 36.0 Å². The quantitative estimate of drug-likeness (QED) is 0.566. The van der Waals surface area contributed by atoms with Crippen LogP contribution in [0.15, 0.2) is 77.3 Å². The summed E-state index contributed by atoms with van der Waals surface area (Å²) in [5.74, 6) is 0.695. The van der Waals surface area contributed by atoms with Crippen LogP contribution in [0.1, 0.15) is 29.9 Å². The molecule has 0 spiro atoms. The van der Waals surface area contributed by atoms with Gasteiger partial charge in [0.05, 0.1) is 12.8 Å². The number of hydrogen-bond donors (Lipinski definition) is 3. The Morgan fingerprint density at radius 1 is 1.22 bits per heavy atom. The predicted molar refractivity (Wildman–Crippen MR) is 126 cm³/mol. The van der Waals surface area contributed by atoms with E-state index in [0.717, 1.165) is 35.6 Å². The van der Waals surface area contributed by atoms with Crippen LogP contribution in [0, 0.1) is 0 Å². The Kier molecular flexibility index (Phi) is 5.15. The molecule has 32 heavy (non-hydrogen) atoms. The molecule has 0 saturated heterocycles. The van der Waals surface area contributed by atoms with E-state index in [-0.39, 0.29) is 5.92 Å². The van der Waals surface area contributed by atoms with Crippen molar-refractivity contribution < 1.29 is 4.74 Å². The average molecular weight is 449 g/mol. The smallest absolute Gasteiger partial charge is 0.190 e. The number of nitrogens with zero attached hydrogens (tertiary/aromatic N) is 3. The van der Waals surface area contributed by atoms with Crippen molar-refractivity contribution in [1.82, 2.24) is 20.2 Å². The fraction of sp³-hybridized carbons (Fsp3) is 0.250. The van der Waals surface area contributed by atoms with Gasteiger partial charge in [0.1, 0.15) is 23.1 Å². The number of amidine groups is 1. The number of hydrogen-bond acceptors (Lipinski definition) is 5. The normalized spacial score (nSPS) is 23.6. The minimum Gasteiger partial charge on any atom is -0.495 e. The van der Waals surface area contributed by atoms with Crippen LogP contribution in [-0.2, 0) is 5.79 Å². The number of halogens is 1. The monoisotopic (exact) mass is 448 g/mol. The van der Waals surface area contributed by atoms with E-state index in [2.05, 4.69) is 44.9 Å². The number of rotatable bonds is 4. The third kappa shape index (κ3) is 3.43. The molecule has 164 valence electrons. The molecule has 7 nitrogen and oxygen atoms in total. The highest BCUT2D eigenvalue weighted by molar-refractivity contribution is 6.29. The second-order valence-electron chi connectivity index (χ2n) is 8.01. The first-order valence-electron chi connectivity index (χ1n) is 10.5. The van der Waals surface area contributed by atoms with Crippen molar-refractivity contribution in [2.75, 3.05) is 14.2 Å². The van der Waals surface area contributed by atoms with Crippen LogP contribution in [0.5, 0.6) is 5.75 Å². The van der Waals surface area contributed by atoms with Gasteiger partial charge in [0.15, 0.2) is 5.79 Å². The van der Waals surface area contributed by atoms with Gasteiger partial charge in [-0.2, -0.15) is 0 Å². The van der Waals surface area contributed by atoms with Crippen LogP contribution in [0.4, 0.5) is 0 Å². The van der Waals surface area contributed by atoms with E-state index in [0.29, 0.717) is 10.9 Å². The Morgan fingerprint density at radius 2 is 2.03 bits per heavy atom. The number of aromatic nitrogens is 2.